The first kappa shape index (κ1) is 24.9. The van der Waals surface area contributed by atoms with Crippen LogP contribution >= 0.6 is 45.2 Å². The van der Waals surface area contributed by atoms with Crippen LogP contribution in [0, 0.1) is 0 Å². The molecule has 4 nitrogen and oxygen atoms in total. The fourth-order valence-corrected chi connectivity index (χ4v) is 5.68. The Kier molecular flexibility index (Phi) is 7.96. The van der Waals surface area contributed by atoms with Crippen molar-refractivity contribution in [2.75, 3.05) is 6.61 Å². The molecule has 30 heavy (non-hydrogen) atoms. The Labute approximate surface area is 209 Å². The second-order valence-electron chi connectivity index (χ2n) is 9.63. The van der Waals surface area contributed by atoms with E-state index < -0.39 is 13.9 Å². The molecule has 3 rings (SSSR count). The van der Waals surface area contributed by atoms with Gasteiger partial charge in [0.15, 0.2) is 14.6 Å². The van der Waals surface area contributed by atoms with Crippen molar-refractivity contribution in [2.45, 2.75) is 76.0 Å². The maximum Gasteiger partial charge on any atom is 0.193 e. The Balaban J connectivity index is 1.89. The summed E-state index contributed by atoms with van der Waals surface area (Å²) in [6, 6.07) is 10.1. The molecule has 0 bridgehead atoms. The first-order chi connectivity index (χ1) is 13.9. The molecule has 1 saturated heterocycles. The molecule has 0 aliphatic carbocycles. The van der Waals surface area contributed by atoms with Gasteiger partial charge in [0.2, 0.25) is 0 Å². The molecule has 2 aliphatic rings. The van der Waals surface area contributed by atoms with E-state index in [0.717, 1.165) is 7.15 Å². The predicted molar refractivity (Wildman–Crippen MR) is 141 cm³/mol. The zero-order valence-corrected chi connectivity index (χ0v) is 23.8. The van der Waals surface area contributed by atoms with Crippen molar-refractivity contribution in [2.24, 2.45) is 0 Å². The first-order valence-corrected chi connectivity index (χ1v) is 15.4. The molecule has 5 atom stereocenters. The molecular formula is C23H32I2O4Si. The Bertz CT molecular complexity index is 786. The summed E-state index contributed by atoms with van der Waals surface area (Å²) in [4.78, 5) is 0. The van der Waals surface area contributed by atoms with Gasteiger partial charge in [-0.1, -0.05) is 63.3 Å². The van der Waals surface area contributed by atoms with E-state index in [4.69, 9.17) is 18.6 Å². The average Bonchev–Trinajstić information content (AvgIpc) is 2.77. The van der Waals surface area contributed by atoms with Crippen LogP contribution in [0.4, 0.5) is 0 Å². The summed E-state index contributed by atoms with van der Waals surface area (Å²) in [6.07, 6.45) is 5.44. The molecule has 0 saturated carbocycles. The Morgan fingerprint density at radius 2 is 1.83 bits per heavy atom. The number of ether oxygens (including phenoxy) is 3. The number of hydrogen-bond donors (Lipinski definition) is 0. The Morgan fingerprint density at radius 3 is 2.43 bits per heavy atom. The third-order valence-corrected chi connectivity index (χ3v) is 11.5. The molecule has 0 radical (unpaired) electrons. The molecule has 2 heterocycles. The predicted octanol–water partition coefficient (Wildman–Crippen LogP) is 6.92. The molecule has 0 unspecified atom stereocenters. The average molecular weight is 654 g/mol. The molecule has 0 N–H and O–H groups in total. The Hall–Kier alpha value is 0.217. The van der Waals surface area contributed by atoms with Crippen LogP contribution in [0.2, 0.25) is 18.1 Å². The number of fused-ring (bicyclic) bond motifs is 1. The van der Waals surface area contributed by atoms with E-state index in [9.17, 15) is 0 Å². The van der Waals surface area contributed by atoms with E-state index in [1.54, 1.807) is 0 Å². The number of benzene rings is 1. The molecule has 2 aliphatic heterocycles. The number of halogens is 2. The molecule has 1 fully saturated rings. The summed E-state index contributed by atoms with van der Waals surface area (Å²) in [5.74, 6) is 0. The van der Waals surface area contributed by atoms with Crippen LogP contribution < -0.4 is 0 Å². The molecule has 0 spiro atoms. The normalized spacial score (nSPS) is 32.3. The standard InChI is InChI=1S/C23H32I2O4Si/c1-22(2,3)30(5,6)29-23(4)13-12-17-18(27-19(23)14-20(24)25)15-26-21(28-17)16-10-8-7-9-11-16/h7-14,17-19,21H,15H2,1-6H3/t17-,18+,19-,21+,23+/m0/s1. The first-order valence-electron chi connectivity index (χ1n) is 10.3. The number of hydrogen-bond acceptors (Lipinski definition) is 4. The van der Waals surface area contributed by atoms with Crippen molar-refractivity contribution in [3.05, 3.63) is 55.7 Å². The summed E-state index contributed by atoms with van der Waals surface area (Å²) in [5.41, 5.74) is 0.445. The van der Waals surface area contributed by atoms with Crippen molar-refractivity contribution in [3.8, 4) is 0 Å². The minimum atomic E-state index is -2.03. The molecule has 166 valence electrons. The summed E-state index contributed by atoms with van der Waals surface area (Å²) >= 11 is 4.65. The van der Waals surface area contributed by atoms with E-state index in [-0.39, 0.29) is 29.6 Å². The van der Waals surface area contributed by atoms with E-state index in [1.165, 1.54) is 0 Å². The lowest BCUT2D eigenvalue weighted by atomic mass is 9.99. The zero-order valence-electron chi connectivity index (χ0n) is 18.5. The topological polar surface area (TPSA) is 36.9 Å². The van der Waals surface area contributed by atoms with Crippen molar-refractivity contribution in [1.82, 2.24) is 0 Å². The van der Waals surface area contributed by atoms with Crippen LogP contribution in [0.15, 0.2) is 50.1 Å². The fourth-order valence-electron chi connectivity index (χ4n) is 3.44. The van der Waals surface area contributed by atoms with Gasteiger partial charge in [-0.2, -0.15) is 0 Å². The fraction of sp³-hybridized carbons (Fsp3) is 0.565. The third-order valence-electron chi connectivity index (χ3n) is 6.19. The summed E-state index contributed by atoms with van der Waals surface area (Å²) in [5, 5.41) is 0.104. The van der Waals surface area contributed by atoms with Gasteiger partial charge >= 0.3 is 0 Å². The van der Waals surface area contributed by atoms with E-state index in [2.05, 4.69) is 104 Å². The molecule has 1 aromatic carbocycles. The van der Waals surface area contributed by atoms with E-state index in [1.807, 2.05) is 30.3 Å². The van der Waals surface area contributed by atoms with Gasteiger partial charge in [0.25, 0.3) is 0 Å². The van der Waals surface area contributed by atoms with Crippen LogP contribution in [-0.2, 0) is 18.6 Å². The van der Waals surface area contributed by atoms with Crippen molar-refractivity contribution in [3.63, 3.8) is 0 Å². The SMILES string of the molecule is CC(C)(C)[Si](C)(C)O[C@]1(C)C=C[C@@H]2O[C@H](c3ccccc3)OC[C@H]2O[C@H]1C=C(I)I. The van der Waals surface area contributed by atoms with Crippen LogP contribution in [0.3, 0.4) is 0 Å². The second kappa shape index (κ2) is 9.60. The maximum absolute atomic E-state index is 6.92. The highest BCUT2D eigenvalue weighted by atomic mass is 127. The summed E-state index contributed by atoms with van der Waals surface area (Å²) in [6.45, 7) is 14.0. The quantitative estimate of drug-likeness (QED) is 0.201. The van der Waals surface area contributed by atoms with Gasteiger partial charge < -0.3 is 18.6 Å². The minimum Gasteiger partial charge on any atom is -0.405 e. The van der Waals surface area contributed by atoms with E-state index in [0.29, 0.717) is 6.61 Å². The number of rotatable bonds is 4. The van der Waals surface area contributed by atoms with Crippen LogP contribution in [0.5, 0.6) is 0 Å². The summed E-state index contributed by atoms with van der Waals surface area (Å²) < 4.78 is 27.0. The van der Waals surface area contributed by atoms with Gasteiger partial charge in [0.05, 0.1) is 8.19 Å². The highest BCUT2D eigenvalue weighted by molar-refractivity contribution is 14.2. The molecule has 0 amide bonds. The zero-order chi connectivity index (χ0) is 22.2. The third kappa shape index (κ3) is 5.76. The minimum absolute atomic E-state index is 0.104. The molecular weight excluding hydrogens is 622 g/mol. The van der Waals surface area contributed by atoms with Gasteiger partial charge in [-0.3, -0.25) is 0 Å². The van der Waals surface area contributed by atoms with Gasteiger partial charge in [-0.25, -0.2) is 0 Å². The molecule has 0 aromatic heterocycles. The van der Waals surface area contributed by atoms with Crippen LogP contribution in [-0.4, -0.2) is 38.8 Å². The smallest absolute Gasteiger partial charge is 0.193 e. The van der Waals surface area contributed by atoms with Crippen molar-refractivity contribution >= 4 is 53.5 Å². The lowest BCUT2D eigenvalue weighted by Gasteiger charge is -2.45. The second-order valence-corrected chi connectivity index (χ2v) is 18.7. The van der Waals surface area contributed by atoms with Crippen LogP contribution in [0.1, 0.15) is 39.5 Å². The van der Waals surface area contributed by atoms with Gasteiger partial charge in [0.1, 0.15) is 23.9 Å². The molecule has 7 heteroatoms. The lowest BCUT2D eigenvalue weighted by Crippen LogP contribution is -2.53. The van der Waals surface area contributed by atoms with Crippen LogP contribution in [0.25, 0.3) is 0 Å². The van der Waals surface area contributed by atoms with Gasteiger partial charge in [0, 0.05) is 5.56 Å². The van der Waals surface area contributed by atoms with E-state index >= 15 is 0 Å². The maximum atomic E-state index is 6.92. The lowest BCUT2D eigenvalue weighted by molar-refractivity contribution is -0.260. The van der Waals surface area contributed by atoms with Crippen molar-refractivity contribution in [1.29, 1.82) is 0 Å². The summed E-state index contributed by atoms with van der Waals surface area (Å²) in [7, 11) is -2.03. The monoisotopic (exact) mass is 654 g/mol. The largest absolute Gasteiger partial charge is 0.405 e. The van der Waals surface area contributed by atoms with Crippen molar-refractivity contribution < 1.29 is 18.6 Å². The van der Waals surface area contributed by atoms with Gasteiger partial charge in [-0.05, 0) is 76.3 Å². The van der Waals surface area contributed by atoms with Gasteiger partial charge in [-0.15, -0.1) is 0 Å². The molecule has 1 aromatic rings. The Morgan fingerprint density at radius 1 is 1.17 bits per heavy atom. The highest BCUT2D eigenvalue weighted by Gasteiger charge is 2.48. The highest BCUT2D eigenvalue weighted by Crippen LogP contribution is 2.43.